The molecule has 0 radical (unpaired) electrons. The molecular weight excluding hydrogens is 288 g/mol. The lowest BCUT2D eigenvalue weighted by molar-refractivity contribution is 0.161. The zero-order valence-corrected chi connectivity index (χ0v) is 15.4. The van der Waals surface area contributed by atoms with Gasteiger partial charge >= 0.3 is 0 Å². The topological polar surface area (TPSA) is 40.1 Å². The number of methoxy groups -OCH3 is 1. The Labute approximate surface area is 142 Å². The highest BCUT2D eigenvalue weighted by atomic mass is 16.5. The van der Waals surface area contributed by atoms with Crippen molar-refractivity contribution < 1.29 is 4.74 Å². The maximum atomic E-state index is 5.12. The van der Waals surface area contributed by atoms with E-state index in [-0.39, 0.29) is 0 Å². The number of ether oxygens (including phenoxy) is 1. The molecule has 2 aliphatic rings. The van der Waals surface area contributed by atoms with Crippen LogP contribution in [0.25, 0.3) is 0 Å². The molecule has 0 spiro atoms. The highest BCUT2D eigenvalue weighted by Gasteiger charge is 2.35. The molecule has 1 aliphatic heterocycles. The van der Waals surface area contributed by atoms with Crippen LogP contribution in [-0.2, 0) is 4.74 Å². The highest BCUT2D eigenvalue weighted by molar-refractivity contribution is 5.80. The minimum atomic E-state index is 0.805. The number of likely N-dealkylation sites (tertiary alicyclic amines) is 1. The fraction of sp³-hybridized carbons (Fsp3) is 0.944. The third kappa shape index (κ3) is 5.96. The maximum Gasteiger partial charge on any atom is 0.193 e. The smallest absolute Gasteiger partial charge is 0.193 e. The predicted molar refractivity (Wildman–Crippen MR) is 97.0 cm³/mol. The number of guanidine groups is 1. The second kappa shape index (κ2) is 10.1. The number of fused-ring (bicyclic) bond motifs is 1. The Bertz CT molecular complexity index is 347. The molecule has 1 saturated heterocycles. The van der Waals surface area contributed by atoms with Gasteiger partial charge in [0.25, 0.3) is 0 Å². The molecule has 0 aromatic carbocycles. The minimum absolute atomic E-state index is 0.805. The standard InChI is InChI=1S/C18H36N4O/c1-4-19-18(20-10-7-11-21(2)12-13-23-3)22-14-16-8-5-6-9-17(16)15-22/h16-17H,4-15H2,1-3H3,(H,19,20). The van der Waals surface area contributed by atoms with Gasteiger partial charge in [-0.3, -0.25) is 4.99 Å². The van der Waals surface area contributed by atoms with Crippen molar-refractivity contribution in [3.63, 3.8) is 0 Å². The van der Waals surface area contributed by atoms with Crippen molar-refractivity contribution in [1.29, 1.82) is 0 Å². The van der Waals surface area contributed by atoms with Gasteiger partial charge in [0.05, 0.1) is 6.61 Å². The van der Waals surface area contributed by atoms with Crippen LogP contribution in [0.1, 0.15) is 39.0 Å². The summed E-state index contributed by atoms with van der Waals surface area (Å²) in [7, 11) is 3.91. The second-order valence-electron chi connectivity index (χ2n) is 7.09. The third-order valence-corrected chi connectivity index (χ3v) is 5.25. The fourth-order valence-electron chi connectivity index (χ4n) is 3.89. The quantitative estimate of drug-likeness (QED) is 0.421. The first kappa shape index (κ1) is 18.5. The van der Waals surface area contributed by atoms with Gasteiger partial charge in [0, 0.05) is 39.8 Å². The zero-order valence-electron chi connectivity index (χ0n) is 15.4. The molecule has 1 aliphatic carbocycles. The fourth-order valence-corrected chi connectivity index (χ4v) is 3.89. The van der Waals surface area contributed by atoms with Crippen LogP contribution in [0.2, 0.25) is 0 Å². The summed E-state index contributed by atoms with van der Waals surface area (Å²) >= 11 is 0. The number of nitrogens with zero attached hydrogens (tertiary/aromatic N) is 3. The van der Waals surface area contributed by atoms with Crippen molar-refractivity contribution in [2.45, 2.75) is 39.0 Å². The summed E-state index contributed by atoms with van der Waals surface area (Å²) in [6.07, 6.45) is 6.80. The van der Waals surface area contributed by atoms with Crippen LogP contribution < -0.4 is 5.32 Å². The van der Waals surface area contributed by atoms with E-state index in [0.717, 1.165) is 57.0 Å². The third-order valence-electron chi connectivity index (χ3n) is 5.25. The summed E-state index contributed by atoms with van der Waals surface area (Å²) in [6.45, 7) is 9.34. The Hall–Kier alpha value is -0.810. The molecule has 0 aromatic heterocycles. The molecule has 2 unspecified atom stereocenters. The molecule has 0 bridgehead atoms. The molecule has 5 nitrogen and oxygen atoms in total. The first-order valence-corrected chi connectivity index (χ1v) is 9.45. The van der Waals surface area contributed by atoms with Gasteiger partial charge in [-0.15, -0.1) is 0 Å². The van der Waals surface area contributed by atoms with E-state index in [0.29, 0.717) is 0 Å². The molecule has 134 valence electrons. The van der Waals surface area contributed by atoms with Crippen LogP contribution in [-0.4, -0.2) is 75.8 Å². The average Bonchev–Trinajstić information content (AvgIpc) is 2.99. The van der Waals surface area contributed by atoms with E-state index >= 15 is 0 Å². The molecule has 2 atom stereocenters. The Morgan fingerprint density at radius 2 is 1.91 bits per heavy atom. The summed E-state index contributed by atoms with van der Waals surface area (Å²) in [5, 5.41) is 3.50. The van der Waals surface area contributed by atoms with Crippen molar-refractivity contribution in [3.05, 3.63) is 0 Å². The number of likely N-dealkylation sites (N-methyl/N-ethyl adjacent to an activating group) is 1. The van der Waals surface area contributed by atoms with Gasteiger partial charge in [-0.25, -0.2) is 0 Å². The van der Waals surface area contributed by atoms with Gasteiger partial charge < -0.3 is 19.9 Å². The van der Waals surface area contributed by atoms with E-state index < -0.39 is 0 Å². The van der Waals surface area contributed by atoms with E-state index in [1.54, 1.807) is 7.11 Å². The predicted octanol–water partition coefficient (Wildman–Crippen LogP) is 2.04. The van der Waals surface area contributed by atoms with Crippen LogP contribution in [0.4, 0.5) is 0 Å². The molecule has 23 heavy (non-hydrogen) atoms. The molecule has 1 heterocycles. The van der Waals surface area contributed by atoms with E-state index in [1.165, 1.54) is 38.8 Å². The summed E-state index contributed by atoms with van der Waals surface area (Å²) in [6, 6.07) is 0. The lowest BCUT2D eigenvalue weighted by Gasteiger charge is -2.22. The Morgan fingerprint density at radius 1 is 1.22 bits per heavy atom. The van der Waals surface area contributed by atoms with Crippen molar-refractivity contribution in [2.75, 3.05) is 60.0 Å². The van der Waals surface area contributed by atoms with Crippen LogP contribution in [0.5, 0.6) is 0 Å². The number of aliphatic imine (C=N–C) groups is 1. The summed E-state index contributed by atoms with van der Waals surface area (Å²) in [5.41, 5.74) is 0. The number of hydrogen-bond donors (Lipinski definition) is 1. The monoisotopic (exact) mass is 324 g/mol. The Morgan fingerprint density at radius 3 is 2.52 bits per heavy atom. The minimum Gasteiger partial charge on any atom is -0.383 e. The van der Waals surface area contributed by atoms with Gasteiger partial charge in [-0.05, 0) is 51.6 Å². The van der Waals surface area contributed by atoms with Crippen LogP contribution in [0, 0.1) is 11.8 Å². The average molecular weight is 325 g/mol. The van der Waals surface area contributed by atoms with Crippen molar-refractivity contribution in [1.82, 2.24) is 15.1 Å². The van der Waals surface area contributed by atoms with Gasteiger partial charge in [0.1, 0.15) is 0 Å². The molecule has 0 aromatic rings. The number of hydrogen-bond acceptors (Lipinski definition) is 3. The van der Waals surface area contributed by atoms with Crippen molar-refractivity contribution in [3.8, 4) is 0 Å². The Kier molecular flexibility index (Phi) is 8.17. The molecule has 2 fully saturated rings. The first-order valence-electron chi connectivity index (χ1n) is 9.45. The molecule has 5 heteroatoms. The normalized spacial score (nSPS) is 25.0. The van der Waals surface area contributed by atoms with Gasteiger partial charge in [0.15, 0.2) is 5.96 Å². The van der Waals surface area contributed by atoms with E-state index in [1.807, 2.05) is 0 Å². The molecule has 1 saturated carbocycles. The first-order chi connectivity index (χ1) is 11.2. The summed E-state index contributed by atoms with van der Waals surface area (Å²) in [5.74, 6) is 2.96. The van der Waals surface area contributed by atoms with E-state index in [4.69, 9.17) is 9.73 Å². The lowest BCUT2D eigenvalue weighted by atomic mass is 9.82. The molecule has 1 N–H and O–H groups in total. The Balaban J connectivity index is 1.76. The number of rotatable bonds is 8. The number of nitrogens with one attached hydrogen (secondary N) is 1. The zero-order chi connectivity index (χ0) is 16.5. The molecule has 2 rings (SSSR count). The maximum absolute atomic E-state index is 5.12. The largest absolute Gasteiger partial charge is 0.383 e. The van der Waals surface area contributed by atoms with Crippen molar-refractivity contribution in [2.24, 2.45) is 16.8 Å². The lowest BCUT2D eigenvalue weighted by Crippen LogP contribution is -2.40. The van der Waals surface area contributed by atoms with Gasteiger partial charge in [-0.2, -0.15) is 0 Å². The highest BCUT2D eigenvalue weighted by Crippen LogP contribution is 2.35. The second-order valence-corrected chi connectivity index (χ2v) is 7.09. The molecular formula is C18H36N4O. The summed E-state index contributed by atoms with van der Waals surface area (Å²) in [4.78, 5) is 9.71. The van der Waals surface area contributed by atoms with Gasteiger partial charge in [-0.1, -0.05) is 12.8 Å². The van der Waals surface area contributed by atoms with Crippen molar-refractivity contribution >= 4 is 5.96 Å². The van der Waals surface area contributed by atoms with E-state index in [9.17, 15) is 0 Å². The SMILES string of the molecule is CCNC(=NCCCN(C)CCOC)N1CC2CCCCC2C1. The van der Waals surface area contributed by atoms with Crippen LogP contribution >= 0.6 is 0 Å². The van der Waals surface area contributed by atoms with E-state index in [2.05, 4.69) is 29.1 Å². The van der Waals surface area contributed by atoms with Gasteiger partial charge in [0.2, 0.25) is 0 Å². The molecule has 0 amide bonds. The van der Waals surface area contributed by atoms with Crippen LogP contribution in [0.15, 0.2) is 4.99 Å². The van der Waals surface area contributed by atoms with Crippen LogP contribution in [0.3, 0.4) is 0 Å². The summed E-state index contributed by atoms with van der Waals surface area (Å²) < 4.78 is 5.12.